The van der Waals surface area contributed by atoms with Crippen LogP contribution in [0.5, 0.6) is 11.5 Å². The number of nitrogens with one attached hydrogen (secondary N) is 1. The van der Waals surface area contributed by atoms with Crippen molar-refractivity contribution in [2.24, 2.45) is 5.10 Å². The smallest absolute Gasteiger partial charge is 0.271 e. The quantitative estimate of drug-likeness (QED) is 0.659. The molecule has 0 saturated heterocycles. The fourth-order valence-electron chi connectivity index (χ4n) is 1.72. The summed E-state index contributed by atoms with van der Waals surface area (Å²) < 4.78 is 18.0. The Morgan fingerprint density at radius 2 is 2.05 bits per heavy atom. The van der Waals surface area contributed by atoms with E-state index in [9.17, 15) is 14.3 Å². The predicted octanol–water partition coefficient (Wildman–Crippen LogP) is 2.69. The number of benzene rings is 2. The van der Waals surface area contributed by atoms with Crippen LogP contribution in [0.4, 0.5) is 4.39 Å². The summed E-state index contributed by atoms with van der Waals surface area (Å²) in [5.41, 5.74) is 3.02. The third kappa shape index (κ3) is 4.05. The number of rotatable bonds is 5. The molecule has 0 saturated carbocycles. The minimum absolute atomic E-state index is 0.00858. The summed E-state index contributed by atoms with van der Waals surface area (Å²) in [7, 11) is 0. The van der Waals surface area contributed by atoms with Gasteiger partial charge in [0.25, 0.3) is 5.91 Å². The van der Waals surface area contributed by atoms with Gasteiger partial charge in [-0.05, 0) is 43.3 Å². The molecule has 0 aliphatic carbocycles. The minimum Gasteiger partial charge on any atom is -0.507 e. The standard InChI is InChI=1S/C16H15FN2O3/c1-2-22-14-8-5-12(15(20)9-14)10-18-19-16(21)11-3-6-13(17)7-4-11/h3-10,20H,2H2,1H3,(H,19,21). The molecule has 22 heavy (non-hydrogen) atoms. The van der Waals surface area contributed by atoms with Gasteiger partial charge < -0.3 is 9.84 Å². The SMILES string of the molecule is CCOc1ccc(C=NNC(=O)c2ccc(F)cc2)c(O)c1. The van der Waals surface area contributed by atoms with Crippen LogP contribution in [0, 0.1) is 5.82 Å². The molecule has 0 heterocycles. The van der Waals surface area contributed by atoms with Gasteiger partial charge in [0.2, 0.25) is 0 Å². The van der Waals surface area contributed by atoms with E-state index in [4.69, 9.17) is 4.74 Å². The lowest BCUT2D eigenvalue weighted by atomic mass is 10.2. The van der Waals surface area contributed by atoms with Gasteiger partial charge in [-0.15, -0.1) is 0 Å². The fraction of sp³-hybridized carbons (Fsp3) is 0.125. The molecule has 0 bridgehead atoms. The molecule has 0 aliphatic heterocycles. The first-order valence-electron chi connectivity index (χ1n) is 6.65. The van der Waals surface area contributed by atoms with Crippen molar-refractivity contribution in [2.75, 3.05) is 6.61 Å². The van der Waals surface area contributed by atoms with Crippen LogP contribution in [0.25, 0.3) is 0 Å². The molecule has 0 radical (unpaired) electrons. The van der Waals surface area contributed by atoms with E-state index in [1.165, 1.54) is 36.5 Å². The summed E-state index contributed by atoms with van der Waals surface area (Å²) >= 11 is 0. The Morgan fingerprint density at radius 3 is 2.68 bits per heavy atom. The molecule has 114 valence electrons. The molecule has 2 aromatic carbocycles. The second kappa shape index (κ2) is 7.21. The molecule has 2 N–H and O–H groups in total. The Morgan fingerprint density at radius 1 is 1.32 bits per heavy atom. The van der Waals surface area contributed by atoms with Crippen LogP contribution < -0.4 is 10.2 Å². The molecule has 5 nitrogen and oxygen atoms in total. The lowest BCUT2D eigenvalue weighted by Gasteiger charge is -2.05. The van der Waals surface area contributed by atoms with Gasteiger partial charge >= 0.3 is 0 Å². The van der Waals surface area contributed by atoms with Crippen LogP contribution in [0.15, 0.2) is 47.6 Å². The van der Waals surface area contributed by atoms with Crippen molar-refractivity contribution in [1.82, 2.24) is 5.43 Å². The number of phenolic OH excluding ortho intramolecular Hbond substituents is 1. The van der Waals surface area contributed by atoms with E-state index in [-0.39, 0.29) is 11.3 Å². The third-order valence-corrected chi connectivity index (χ3v) is 2.79. The molecule has 0 atom stereocenters. The van der Waals surface area contributed by atoms with Crippen LogP contribution in [0.2, 0.25) is 0 Å². The maximum atomic E-state index is 12.8. The number of carbonyl (C=O) groups excluding carboxylic acids is 1. The average Bonchev–Trinajstić information content (AvgIpc) is 2.50. The molecule has 0 aromatic heterocycles. The zero-order valence-corrected chi connectivity index (χ0v) is 11.9. The topological polar surface area (TPSA) is 70.9 Å². The number of nitrogens with zero attached hydrogens (tertiary/aromatic N) is 1. The second-order valence-electron chi connectivity index (χ2n) is 4.36. The first-order chi connectivity index (χ1) is 10.6. The first kappa shape index (κ1) is 15.5. The van der Waals surface area contributed by atoms with Crippen molar-refractivity contribution in [2.45, 2.75) is 6.92 Å². The fourth-order valence-corrected chi connectivity index (χ4v) is 1.72. The molecule has 0 spiro atoms. The Kier molecular flexibility index (Phi) is 5.08. The lowest BCUT2D eigenvalue weighted by Crippen LogP contribution is -2.17. The number of phenols is 1. The Labute approximate surface area is 127 Å². The predicted molar refractivity (Wildman–Crippen MR) is 80.7 cm³/mol. The van der Waals surface area contributed by atoms with Crippen LogP contribution in [0.3, 0.4) is 0 Å². The van der Waals surface area contributed by atoms with Gasteiger partial charge in [-0.2, -0.15) is 5.10 Å². The molecular formula is C16H15FN2O3. The monoisotopic (exact) mass is 302 g/mol. The number of amides is 1. The van der Waals surface area contributed by atoms with Gasteiger partial charge in [0.1, 0.15) is 17.3 Å². The number of ether oxygens (including phenoxy) is 1. The zero-order valence-electron chi connectivity index (χ0n) is 11.9. The van der Waals surface area contributed by atoms with Crippen LogP contribution in [-0.2, 0) is 0 Å². The summed E-state index contributed by atoms with van der Waals surface area (Å²) in [5, 5.41) is 13.6. The van der Waals surface area contributed by atoms with Crippen molar-refractivity contribution in [3.63, 3.8) is 0 Å². The normalized spacial score (nSPS) is 10.6. The van der Waals surface area contributed by atoms with Crippen molar-refractivity contribution in [1.29, 1.82) is 0 Å². The lowest BCUT2D eigenvalue weighted by molar-refractivity contribution is 0.0955. The highest BCUT2D eigenvalue weighted by molar-refractivity contribution is 5.95. The van der Waals surface area contributed by atoms with Crippen molar-refractivity contribution >= 4 is 12.1 Å². The molecule has 0 unspecified atom stereocenters. The highest BCUT2D eigenvalue weighted by Gasteiger charge is 2.04. The maximum Gasteiger partial charge on any atom is 0.271 e. The largest absolute Gasteiger partial charge is 0.507 e. The first-order valence-corrected chi connectivity index (χ1v) is 6.65. The molecule has 2 aromatic rings. The van der Waals surface area contributed by atoms with E-state index >= 15 is 0 Å². The number of aromatic hydroxyl groups is 1. The molecule has 0 aliphatic rings. The van der Waals surface area contributed by atoms with E-state index in [0.717, 1.165) is 0 Å². The van der Waals surface area contributed by atoms with Gasteiger partial charge in [0.15, 0.2) is 0 Å². The summed E-state index contributed by atoms with van der Waals surface area (Å²) in [6, 6.07) is 9.86. The van der Waals surface area contributed by atoms with Gasteiger partial charge in [-0.1, -0.05) is 0 Å². The number of hydrogen-bond donors (Lipinski definition) is 2. The molecule has 1 amide bonds. The summed E-state index contributed by atoms with van der Waals surface area (Å²) in [5.74, 6) is -0.348. The second-order valence-corrected chi connectivity index (χ2v) is 4.36. The number of halogens is 1. The average molecular weight is 302 g/mol. The van der Waals surface area contributed by atoms with Crippen LogP contribution in [-0.4, -0.2) is 23.8 Å². The number of hydrogen-bond acceptors (Lipinski definition) is 4. The molecule has 0 fully saturated rings. The van der Waals surface area contributed by atoms with Gasteiger partial charge in [0.05, 0.1) is 12.8 Å². The summed E-state index contributed by atoms with van der Waals surface area (Å²) in [6.45, 7) is 2.35. The summed E-state index contributed by atoms with van der Waals surface area (Å²) in [4.78, 5) is 11.7. The van der Waals surface area contributed by atoms with Crippen molar-refractivity contribution in [3.8, 4) is 11.5 Å². The van der Waals surface area contributed by atoms with E-state index in [1.807, 2.05) is 6.92 Å². The highest BCUT2D eigenvalue weighted by atomic mass is 19.1. The Bertz CT molecular complexity index is 684. The highest BCUT2D eigenvalue weighted by Crippen LogP contribution is 2.22. The summed E-state index contributed by atoms with van der Waals surface area (Å²) in [6.07, 6.45) is 1.31. The van der Waals surface area contributed by atoms with E-state index in [0.29, 0.717) is 17.9 Å². The molecular weight excluding hydrogens is 287 g/mol. The van der Waals surface area contributed by atoms with Gasteiger partial charge in [0, 0.05) is 17.2 Å². The van der Waals surface area contributed by atoms with Gasteiger partial charge in [-0.25, -0.2) is 9.82 Å². The number of hydrazone groups is 1. The van der Waals surface area contributed by atoms with Gasteiger partial charge in [-0.3, -0.25) is 4.79 Å². The molecule has 2 rings (SSSR count). The van der Waals surface area contributed by atoms with Crippen LogP contribution >= 0.6 is 0 Å². The minimum atomic E-state index is -0.471. The third-order valence-electron chi connectivity index (χ3n) is 2.79. The van der Waals surface area contributed by atoms with Crippen molar-refractivity contribution < 1.29 is 19.0 Å². The van der Waals surface area contributed by atoms with Crippen molar-refractivity contribution in [3.05, 3.63) is 59.4 Å². The van der Waals surface area contributed by atoms with E-state index < -0.39 is 11.7 Å². The Balaban J connectivity index is 2.00. The zero-order chi connectivity index (χ0) is 15.9. The van der Waals surface area contributed by atoms with E-state index in [1.54, 1.807) is 12.1 Å². The van der Waals surface area contributed by atoms with Crippen LogP contribution in [0.1, 0.15) is 22.8 Å². The van der Waals surface area contributed by atoms with E-state index in [2.05, 4.69) is 10.5 Å². The molecule has 6 heteroatoms. The Hall–Kier alpha value is -2.89. The number of carbonyl (C=O) groups is 1. The maximum absolute atomic E-state index is 12.8.